The predicted molar refractivity (Wildman–Crippen MR) is 44.6 cm³/mol. The zero-order valence-corrected chi connectivity index (χ0v) is 7.78. The molecule has 72 valence electrons. The number of hydrogen-bond acceptors (Lipinski definition) is 4. The van der Waals surface area contributed by atoms with Crippen LogP contribution in [0.25, 0.3) is 0 Å². The molecule has 0 aromatic heterocycles. The second kappa shape index (κ2) is 3.30. The van der Waals surface area contributed by atoms with E-state index in [2.05, 4.69) is 0 Å². The van der Waals surface area contributed by atoms with Gasteiger partial charge in [-0.2, -0.15) is 0 Å². The maximum atomic E-state index is 9.61. The standard InChI is InChI=1S/C8H17NO3/c1-5-7(10)8(2,9)4-6(11-3)12-5/h5-7,10H,4,9H2,1-3H3/t5-,6+,7+,8+/m0/s1. The second-order valence-electron chi connectivity index (χ2n) is 3.66. The molecule has 0 aromatic carbocycles. The lowest BCUT2D eigenvalue weighted by atomic mass is 9.86. The molecule has 0 amide bonds. The van der Waals surface area contributed by atoms with Gasteiger partial charge in [0.15, 0.2) is 6.29 Å². The molecule has 1 fully saturated rings. The third kappa shape index (κ3) is 1.77. The van der Waals surface area contributed by atoms with E-state index in [0.717, 1.165) is 0 Å². The van der Waals surface area contributed by atoms with Gasteiger partial charge in [-0.3, -0.25) is 0 Å². The Hall–Kier alpha value is -0.160. The van der Waals surface area contributed by atoms with Crippen molar-refractivity contribution in [2.45, 2.75) is 44.3 Å². The highest BCUT2D eigenvalue weighted by atomic mass is 16.7. The Balaban J connectivity index is 2.65. The average Bonchev–Trinajstić information content (AvgIpc) is 1.99. The Morgan fingerprint density at radius 1 is 1.67 bits per heavy atom. The molecular weight excluding hydrogens is 158 g/mol. The molecule has 0 bridgehead atoms. The van der Waals surface area contributed by atoms with Gasteiger partial charge in [0.1, 0.15) is 0 Å². The molecule has 0 saturated carbocycles. The van der Waals surface area contributed by atoms with Crippen LogP contribution in [0.15, 0.2) is 0 Å². The lowest BCUT2D eigenvalue weighted by Crippen LogP contribution is -2.60. The minimum atomic E-state index is -0.621. The largest absolute Gasteiger partial charge is 0.389 e. The van der Waals surface area contributed by atoms with E-state index in [0.29, 0.717) is 6.42 Å². The molecule has 0 unspecified atom stereocenters. The number of nitrogens with two attached hydrogens (primary N) is 1. The first kappa shape index (κ1) is 9.92. The van der Waals surface area contributed by atoms with Crippen LogP contribution in [0.1, 0.15) is 20.3 Å². The Labute approximate surface area is 72.6 Å². The van der Waals surface area contributed by atoms with Crippen LogP contribution in [0.2, 0.25) is 0 Å². The SMILES string of the molecule is CO[C@H]1C[C@@](C)(N)[C@H](O)[C@H](C)O1. The molecule has 0 spiro atoms. The van der Waals surface area contributed by atoms with Crippen molar-refractivity contribution in [1.82, 2.24) is 0 Å². The summed E-state index contributed by atoms with van der Waals surface area (Å²) in [5.41, 5.74) is 5.25. The average molecular weight is 175 g/mol. The molecule has 4 atom stereocenters. The van der Waals surface area contributed by atoms with Gasteiger partial charge in [-0.05, 0) is 13.8 Å². The molecule has 1 heterocycles. The minimum absolute atomic E-state index is 0.265. The molecule has 1 rings (SSSR count). The number of aliphatic hydroxyl groups is 1. The van der Waals surface area contributed by atoms with Crippen LogP contribution in [-0.2, 0) is 9.47 Å². The molecule has 4 heteroatoms. The smallest absolute Gasteiger partial charge is 0.159 e. The fourth-order valence-corrected chi connectivity index (χ4v) is 1.52. The number of rotatable bonds is 1. The van der Waals surface area contributed by atoms with Crippen LogP contribution < -0.4 is 5.73 Å². The normalized spacial score (nSPS) is 49.2. The molecule has 0 aromatic rings. The Morgan fingerprint density at radius 3 is 2.67 bits per heavy atom. The van der Waals surface area contributed by atoms with Gasteiger partial charge in [0.25, 0.3) is 0 Å². The molecule has 4 nitrogen and oxygen atoms in total. The Kier molecular flexibility index (Phi) is 2.73. The van der Waals surface area contributed by atoms with Crippen LogP contribution in [0, 0.1) is 0 Å². The summed E-state index contributed by atoms with van der Waals surface area (Å²) >= 11 is 0. The van der Waals surface area contributed by atoms with Gasteiger partial charge in [-0.15, -0.1) is 0 Å². The Bertz CT molecular complexity index is 160. The zero-order valence-electron chi connectivity index (χ0n) is 7.78. The van der Waals surface area contributed by atoms with Gasteiger partial charge < -0.3 is 20.3 Å². The van der Waals surface area contributed by atoms with Gasteiger partial charge in [-0.1, -0.05) is 0 Å². The van der Waals surface area contributed by atoms with E-state index in [1.165, 1.54) is 0 Å². The van der Waals surface area contributed by atoms with E-state index in [1.807, 2.05) is 6.92 Å². The lowest BCUT2D eigenvalue weighted by Gasteiger charge is -2.42. The van der Waals surface area contributed by atoms with Crippen LogP contribution in [0.4, 0.5) is 0 Å². The zero-order chi connectivity index (χ0) is 9.35. The third-order valence-corrected chi connectivity index (χ3v) is 2.36. The van der Waals surface area contributed by atoms with Crippen molar-refractivity contribution in [2.75, 3.05) is 7.11 Å². The maximum absolute atomic E-state index is 9.61. The first-order valence-electron chi connectivity index (χ1n) is 4.12. The van der Waals surface area contributed by atoms with Gasteiger partial charge in [0.05, 0.1) is 12.2 Å². The fraction of sp³-hybridized carbons (Fsp3) is 1.00. The first-order chi connectivity index (χ1) is 5.47. The van der Waals surface area contributed by atoms with Crippen molar-refractivity contribution in [3.05, 3.63) is 0 Å². The molecule has 0 aliphatic carbocycles. The molecule has 0 radical (unpaired) electrons. The molecule has 1 aliphatic rings. The fourth-order valence-electron chi connectivity index (χ4n) is 1.52. The number of aliphatic hydroxyl groups excluding tert-OH is 1. The van der Waals surface area contributed by atoms with Gasteiger partial charge in [-0.25, -0.2) is 0 Å². The van der Waals surface area contributed by atoms with Crippen molar-refractivity contribution in [2.24, 2.45) is 5.73 Å². The summed E-state index contributed by atoms with van der Waals surface area (Å²) in [5, 5.41) is 9.61. The van der Waals surface area contributed by atoms with Crippen LogP contribution in [-0.4, -0.2) is 36.3 Å². The Morgan fingerprint density at radius 2 is 2.25 bits per heavy atom. The molecular formula is C8H17NO3. The van der Waals surface area contributed by atoms with E-state index >= 15 is 0 Å². The monoisotopic (exact) mass is 175 g/mol. The molecule has 3 N–H and O–H groups in total. The highest BCUT2D eigenvalue weighted by Gasteiger charge is 2.41. The van der Waals surface area contributed by atoms with Crippen molar-refractivity contribution >= 4 is 0 Å². The van der Waals surface area contributed by atoms with Crippen molar-refractivity contribution in [3.63, 3.8) is 0 Å². The highest BCUT2D eigenvalue weighted by Crippen LogP contribution is 2.26. The number of hydrogen-bond donors (Lipinski definition) is 2. The van der Waals surface area contributed by atoms with Crippen molar-refractivity contribution < 1.29 is 14.6 Å². The van der Waals surface area contributed by atoms with E-state index in [-0.39, 0.29) is 12.4 Å². The topological polar surface area (TPSA) is 64.7 Å². The predicted octanol–water partition coefficient (Wildman–Crippen LogP) is -0.154. The summed E-state index contributed by atoms with van der Waals surface area (Å²) < 4.78 is 10.4. The highest BCUT2D eigenvalue weighted by molar-refractivity contribution is 4.94. The van der Waals surface area contributed by atoms with E-state index < -0.39 is 11.6 Å². The minimum Gasteiger partial charge on any atom is -0.389 e. The summed E-state index contributed by atoms with van der Waals surface area (Å²) in [6.45, 7) is 3.60. The van der Waals surface area contributed by atoms with Crippen LogP contribution >= 0.6 is 0 Å². The quantitative estimate of drug-likeness (QED) is 0.581. The summed E-state index contributed by atoms with van der Waals surface area (Å²) in [5.74, 6) is 0. The summed E-state index contributed by atoms with van der Waals surface area (Å²) in [4.78, 5) is 0. The van der Waals surface area contributed by atoms with Gasteiger partial charge >= 0.3 is 0 Å². The van der Waals surface area contributed by atoms with Crippen LogP contribution in [0.5, 0.6) is 0 Å². The lowest BCUT2D eigenvalue weighted by molar-refractivity contribution is -0.226. The van der Waals surface area contributed by atoms with E-state index in [9.17, 15) is 5.11 Å². The summed E-state index contributed by atoms with van der Waals surface area (Å²) in [6, 6.07) is 0. The molecule has 1 saturated heterocycles. The molecule has 12 heavy (non-hydrogen) atoms. The maximum Gasteiger partial charge on any atom is 0.159 e. The van der Waals surface area contributed by atoms with Gasteiger partial charge in [0, 0.05) is 19.1 Å². The number of methoxy groups -OCH3 is 1. The second-order valence-corrected chi connectivity index (χ2v) is 3.66. The van der Waals surface area contributed by atoms with E-state index in [4.69, 9.17) is 15.2 Å². The third-order valence-electron chi connectivity index (χ3n) is 2.36. The molecule has 1 aliphatic heterocycles. The summed E-state index contributed by atoms with van der Waals surface area (Å²) in [6.07, 6.45) is -0.657. The van der Waals surface area contributed by atoms with Gasteiger partial charge in [0.2, 0.25) is 0 Å². The van der Waals surface area contributed by atoms with Crippen molar-refractivity contribution in [3.8, 4) is 0 Å². The van der Waals surface area contributed by atoms with Crippen LogP contribution in [0.3, 0.4) is 0 Å². The van der Waals surface area contributed by atoms with Crippen molar-refractivity contribution in [1.29, 1.82) is 0 Å². The van der Waals surface area contributed by atoms with E-state index in [1.54, 1.807) is 14.0 Å². The first-order valence-corrected chi connectivity index (χ1v) is 4.12. The summed E-state index contributed by atoms with van der Waals surface area (Å²) in [7, 11) is 1.57. The number of ether oxygens (including phenoxy) is 2.